The summed E-state index contributed by atoms with van der Waals surface area (Å²) in [7, 11) is -1.81. The molecule has 0 aromatic heterocycles. The first-order chi connectivity index (χ1) is 8.08. The lowest BCUT2D eigenvalue weighted by atomic mass is 10.0. The van der Waals surface area contributed by atoms with Gasteiger partial charge in [0.1, 0.15) is 0 Å². The zero-order valence-corrected chi connectivity index (χ0v) is 11.9. The van der Waals surface area contributed by atoms with Crippen LogP contribution < -0.4 is 5.19 Å². The lowest BCUT2D eigenvalue weighted by Crippen LogP contribution is -2.57. The Morgan fingerprint density at radius 3 is 2.65 bits per heavy atom. The molecule has 1 aliphatic heterocycles. The van der Waals surface area contributed by atoms with Crippen LogP contribution in [-0.2, 0) is 4.43 Å². The van der Waals surface area contributed by atoms with Crippen molar-refractivity contribution in [2.75, 3.05) is 0 Å². The van der Waals surface area contributed by atoms with E-state index < -0.39 is 8.32 Å². The Balaban J connectivity index is 2.36. The molecule has 92 valence electrons. The highest BCUT2D eigenvalue weighted by Crippen LogP contribution is 2.35. The van der Waals surface area contributed by atoms with Crippen LogP contribution in [0.2, 0.25) is 12.1 Å². The van der Waals surface area contributed by atoms with E-state index in [9.17, 15) is 0 Å². The van der Waals surface area contributed by atoms with E-state index in [4.69, 9.17) is 4.43 Å². The van der Waals surface area contributed by atoms with Crippen LogP contribution in [-0.4, -0.2) is 13.9 Å². The second-order valence-corrected chi connectivity index (χ2v) is 9.25. The number of rotatable bonds is 3. The van der Waals surface area contributed by atoms with Gasteiger partial charge in [-0.2, -0.15) is 0 Å². The van der Waals surface area contributed by atoms with Crippen LogP contribution in [0.1, 0.15) is 26.7 Å². The minimum Gasteiger partial charge on any atom is -0.407 e. The van der Waals surface area contributed by atoms with Crippen LogP contribution in [0, 0.1) is 0 Å². The molecule has 1 nitrogen and oxygen atoms in total. The Morgan fingerprint density at radius 2 is 2.06 bits per heavy atom. The Morgan fingerprint density at radius 1 is 1.35 bits per heavy atom. The van der Waals surface area contributed by atoms with E-state index in [1.807, 2.05) is 6.08 Å². The van der Waals surface area contributed by atoms with Crippen molar-refractivity contribution in [3.63, 3.8) is 0 Å². The fourth-order valence-corrected chi connectivity index (χ4v) is 7.08. The van der Waals surface area contributed by atoms with Crippen molar-refractivity contribution in [3.8, 4) is 0 Å². The molecule has 1 atom stereocenters. The minimum atomic E-state index is -1.81. The summed E-state index contributed by atoms with van der Waals surface area (Å²) in [5, 5.41) is 1.42. The number of hydrogen-bond donors (Lipinski definition) is 0. The normalized spacial score (nSPS) is 27.6. The first-order valence-electron chi connectivity index (χ1n) is 6.45. The molecule has 0 saturated carbocycles. The van der Waals surface area contributed by atoms with Gasteiger partial charge in [0.15, 0.2) is 0 Å². The molecule has 2 rings (SSSR count). The topological polar surface area (TPSA) is 9.23 Å². The van der Waals surface area contributed by atoms with Gasteiger partial charge in [-0.25, -0.2) is 0 Å². The lowest BCUT2D eigenvalue weighted by Gasteiger charge is -2.44. The third-order valence-electron chi connectivity index (χ3n) is 3.61. The van der Waals surface area contributed by atoms with Crippen molar-refractivity contribution in [3.05, 3.63) is 43.0 Å². The summed E-state index contributed by atoms with van der Waals surface area (Å²) in [4.78, 5) is 0. The van der Waals surface area contributed by atoms with Crippen molar-refractivity contribution < 1.29 is 4.43 Å². The molecule has 1 fully saturated rings. The van der Waals surface area contributed by atoms with Gasteiger partial charge in [0.2, 0.25) is 8.32 Å². The Bertz CT molecular complexity index is 385. The van der Waals surface area contributed by atoms with Gasteiger partial charge in [-0.15, -0.1) is 6.58 Å². The summed E-state index contributed by atoms with van der Waals surface area (Å²) in [6.45, 7) is 8.37. The minimum absolute atomic E-state index is 0.0311. The summed E-state index contributed by atoms with van der Waals surface area (Å²) in [6, 6.07) is 13.0. The average Bonchev–Trinajstić information content (AvgIpc) is 2.29. The number of benzene rings is 1. The third kappa shape index (κ3) is 2.69. The van der Waals surface area contributed by atoms with Gasteiger partial charge >= 0.3 is 0 Å². The Hall–Kier alpha value is -0.863. The maximum Gasteiger partial charge on any atom is 0.228 e. The van der Waals surface area contributed by atoms with Gasteiger partial charge in [-0.3, -0.25) is 0 Å². The molecule has 0 aliphatic carbocycles. The second kappa shape index (κ2) is 4.79. The lowest BCUT2D eigenvalue weighted by molar-refractivity contribution is 0.0736. The van der Waals surface area contributed by atoms with E-state index in [1.54, 1.807) is 0 Å². The summed E-state index contributed by atoms with van der Waals surface area (Å²) in [5.41, 5.74) is 0.0311. The van der Waals surface area contributed by atoms with E-state index in [1.165, 1.54) is 24.1 Å². The molecule has 1 aromatic rings. The fraction of sp³-hybridized carbons (Fsp3) is 0.467. The quantitative estimate of drug-likeness (QED) is 0.585. The molecule has 1 unspecified atom stereocenters. The molecule has 0 spiro atoms. The third-order valence-corrected chi connectivity index (χ3v) is 8.04. The molecule has 2 heteroatoms. The SMILES string of the molecule is C=CC[Si]1(c2ccccc2)CCCC(C)(C)O1. The standard InChI is InChI=1S/C15H22OSi/c1-4-12-17(14-9-6-5-7-10-14)13-8-11-15(2,3)16-17/h4-7,9-10H,1,8,11-13H2,2-3H3. The summed E-state index contributed by atoms with van der Waals surface area (Å²) in [5.74, 6) is 0. The van der Waals surface area contributed by atoms with Gasteiger partial charge < -0.3 is 4.43 Å². The largest absolute Gasteiger partial charge is 0.407 e. The molecule has 0 bridgehead atoms. The average molecular weight is 246 g/mol. The highest BCUT2D eigenvalue weighted by Gasteiger charge is 2.43. The van der Waals surface area contributed by atoms with Crippen molar-refractivity contribution in [2.24, 2.45) is 0 Å². The van der Waals surface area contributed by atoms with E-state index in [-0.39, 0.29) is 5.60 Å². The number of hydrogen-bond acceptors (Lipinski definition) is 1. The molecular weight excluding hydrogens is 224 g/mol. The monoisotopic (exact) mass is 246 g/mol. The molecule has 0 radical (unpaired) electrons. The van der Waals surface area contributed by atoms with Crippen LogP contribution in [0.5, 0.6) is 0 Å². The molecular formula is C15H22OSi. The Kier molecular flexibility index (Phi) is 3.55. The van der Waals surface area contributed by atoms with E-state index in [2.05, 4.69) is 50.8 Å². The van der Waals surface area contributed by atoms with Gasteiger partial charge in [0.05, 0.1) is 5.60 Å². The maximum atomic E-state index is 6.56. The molecule has 1 aromatic carbocycles. The Labute approximate surface area is 106 Å². The van der Waals surface area contributed by atoms with Crippen LogP contribution in [0.4, 0.5) is 0 Å². The van der Waals surface area contributed by atoms with E-state index >= 15 is 0 Å². The molecule has 0 N–H and O–H groups in total. The van der Waals surface area contributed by atoms with E-state index in [0.717, 1.165) is 6.04 Å². The highest BCUT2D eigenvalue weighted by molar-refractivity contribution is 6.87. The molecule has 1 saturated heterocycles. The zero-order chi connectivity index (χ0) is 12.4. The summed E-state index contributed by atoms with van der Waals surface area (Å²) < 4.78 is 6.56. The highest BCUT2D eigenvalue weighted by atomic mass is 28.4. The first-order valence-corrected chi connectivity index (χ1v) is 8.77. The number of allylic oxidation sites excluding steroid dienone is 1. The van der Waals surface area contributed by atoms with Gasteiger partial charge in [-0.05, 0) is 37.5 Å². The van der Waals surface area contributed by atoms with Gasteiger partial charge in [0, 0.05) is 0 Å². The van der Waals surface area contributed by atoms with E-state index in [0.29, 0.717) is 0 Å². The molecule has 17 heavy (non-hydrogen) atoms. The second-order valence-electron chi connectivity index (χ2n) is 5.57. The zero-order valence-electron chi connectivity index (χ0n) is 10.9. The van der Waals surface area contributed by atoms with Crippen LogP contribution in [0.25, 0.3) is 0 Å². The van der Waals surface area contributed by atoms with Crippen molar-refractivity contribution >= 4 is 13.5 Å². The van der Waals surface area contributed by atoms with Crippen molar-refractivity contribution in [1.29, 1.82) is 0 Å². The van der Waals surface area contributed by atoms with Gasteiger partial charge in [-0.1, -0.05) is 42.8 Å². The molecule has 1 aliphatic rings. The predicted octanol–water partition coefficient (Wildman–Crippen LogP) is 3.61. The fourth-order valence-electron chi connectivity index (χ4n) is 2.87. The summed E-state index contributed by atoms with van der Waals surface area (Å²) >= 11 is 0. The van der Waals surface area contributed by atoms with Gasteiger partial charge in [0.25, 0.3) is 0 Å². The van der Waals surface area contributed by atoms with Crippen LogP contribution >= 0.6 is 0 Å². The van der Waals surface area contributed by atoms with Crippen molar-refractivity contribution in [2.45, 2.75) is 44.4 Å². The summed E-state index contributed by atoms with van der Waals surface area (Å²) in [6.07, 6.45) is 4.49. The van der Waals surface area contributed by atoms with Crippen molar-refractivity contribution in [1.82, 2.24) is 0 Å². The van der Waals surface area contributed by atoms with Crippen LogP contribution in [0.15, 0.2) is 43.0 Å². The molecule has 1 heterocycles. The molecule has 0 amide bonds. The smallest absolute Gasteiger partial charge is 0.228 e. The maximum absolute atomic E-state index is 6.56. The predicted molar refractivity (Wildman–Crippen MR) is 76.0 cm³/mol. The first kappa shape index (κ1) is 12.6. The van der Waals surface area contributed by atoms with Crippen LogP contribution in [0.3, 0.4) is 0 Å².